The lowest BCUT2D eigenvalue weighted by molar-refractivity contribution is -0.136. The van der Waals surface area contributed by atoms with Crippen LogP contribution in [0.4, 0.5) is 5.69 Å². The van der Waals surface area contributed by atoms with Gasteiger partial charge >= 0.3 is 5.97 Å². The normalized spacial score (nSPS) is 18.5. The van der Waals surface area contributed by atoms with Crippen molar-refractivity contribution in [1.29, 1.82) is 0 Å². The summed E-state index contributed by atoms with van der Waals surface area (Å²) < 4.78 is 5.40. The van der Waals surface area contributed by atoms with Gasteiger partial charge in [0.1, 0.15) is 0 Å². The first-order valence-electron chi connectivity index (χ1n) is 6.76. The molecule has 0 bridgehead atoms. The lowest BCUT2D eigenvalue weighted by Gasteiger charge is -2.27. The minimum atomic E-state index is -0.750. The first-order valence-corrected chi connectivity index (χ1v) is 6.76. The lowest BCUT2D eigenvalue weighted by atomic mass is 10.1. The van der Waals surface area contributed by atoms with E-state index in [0.717, 1.165) is 31.9 Å². The van der Waals surface area contributed by atoms with Gasteiger partial charge in [-0.2, -0.15) is 0 Å². The van der Waals surface area contributed by atoms with E-state index in [-0.39, 0.29) is 6.42 Å². The Balaban J connectivity index is 2.03. The molecule has 1 heterocycles. The van der Waals surface area contributed by atoms with Crippen LogP contribution in [0.5, 0.6) is 0 Å². The van der Waals surface area contributed by atoms with Crippen molar-refractivity contribution in [2.45, 2.75) is 19.8 Å². The highest BCUT2D eigenvalue weighted by Gasteiger charge is 2.20. The molecule has 0 radical (unpaired) electrons. The molecule has 1 aliphatic rings. The van der Waals surface area contributed by atoms with Crippen molar-refractivity contribution >= 4 is 11.7 Å². The molecule has 0 aromatic heterocycles. The molecule has 0 spiro atoms. The van der Waals surface area contributed by atoms with Gasteiger partial charge in [0, 0.05) is 31.3 Å². The summed E-state index contributed by atoms with van der Waals surface area (Å²) in [5.74, 6) is -0.241. The molecule has 1 N–H and O–H groups in total. The van der Waals surface area contributed by atoms with E-state index in [4.69, 9.17) is 9.84 Å². The van der Waals surface area contributed by atoms with Gasteiger partial charge in [0.05, 0.1) is 13.0 Å². The number of carboxylic acids is 1. The smallest absolute Gasteiger partial charge is 0.305 e. The quantitative estimate of drug-likeness (QED) is 0.855. The number of anilines is 1. The molecular formula is C15H21NO3. The van der Waals surface area contributed by atoms with Crippen LogP contribution in [0.25, 0.3) is 0 Å². The summed E-state index contributed by atoms with van der Waals surface area (Å²) in [5, 5.41) is 8.86. The van der Waals surface area contributed by atoms with Gasteiger partial charge in [0.15, 0.2) is 0 Å². The monoisotopic (exact) mass is 263 g/mol. The molecular weight excluding hydrogens is 242 g/mol. The van der Waals surface area contributed by atoms with Gasteiger partial charge < -0.3 is 14.7 Å². The van der Waals surface area contributed by atoms with E-state index >= 15 is 0 Å². The van der Waals surface area contributed by atoms with Gasteiger partial charge in [-0.15, -0.1) is 0 Å². The van der Waals surface area contributed by atoms with Crippen LogP contribution in [0.2, 0.25) is 0 Å². The molecule has 1 aromatic carbocycles. The van der Waals surface area contributed by atoms with Crippen molar-refractivity contribution in [1.82, 2.24) is 0 Å². The van der Waals surface area contributed by atoms with Gasteiger partial charge in [-0.1, -0.05) is 17.7 Å². The van der Waals surface area contributed by atoms with Crippen LogP contribution in [-0.4, -0.2) is 37.4 Å². The maximum Gasteiger partial charge on any atom is 0.305 e. The van der Waals surface area contributed by atoms with Gasteiger partial charge in [0.25, 0.3) is 0 Å². The molecule has 1 atom stereocenters. The van der Waals surface area contributed by atoms with Crippen molar-refractivity contribution in [3.8, 4) is 0 Å². The molecule has 1 aliphatic heterocycles. The zero-order valence-electron chi connectivity index (χ0n) is 11.3. The Morgan fingerprint density at radius 3 is 2.74 bits per heavy atom. The van der Waals surface area contributed by atoms with Gasteiger partial charge in [0.2, 0.25) is 0 Å². The highest BCUT2D eigenvalue weighted by molar-refractivity contribution is 5.67. The molecule has 0 amide bonds. The van der Waals surface area contributed by atoms with Gasteiger partial charge in [-0.05, 0) is 25.5 Å². The summed E-state index contributed by atoms with van der Waals surface area (Å²) >= 11 is 0. The summed E-state index contributed by atoms with van der Waals surface area (Å²) in [5.41, 5.74) is 2.31. The zero-order valence-corrected chi connectivity index (χ0v) is 11.3. The van der Waals surface area contributed by atoms with Crippen LogP contribution >= 0.6 is 0 Å². The van der Waals surface area contributed by atoms with Crippen molar-refractivity contribution in [2.24, 2.45) is 5.92 Å². The third-order valence-electron chi connectivity index (χ3n) is 3.50. The van der Waals surface area contributed by atoms with E-state index in [1.54, 1.807) is 0 Å². The third-order valence-corrected chi connectivity index (χ3v) is 3.50. The maximum atomic E-state index is 10.8. The fraction of sp³-hybridized carbons (Fsp3) is 0.533. The number of carbonyl (C=O) groups is 1. The number of rotatable bonds is 6. The predicted octanol–water partition coefficient (Wildman–Crippen LogP) is 2.31. The Hall–Kier alpha value is -1.55. The first-order chi connectivity index (χ1) is 9.15. The standard InChI is InChI=1S/C15H21NO3/c1-12-2-4-14(5-3-12)16(8-6-15(17)18)10-13-7-9-19-11-13/h2-5,13H,6-11H2,1H3,(H,17,18). The third kappa shape index (κ3) is 4.24. The van der Waals surface area contributed by atoms with E-state index in [2.05, 4.69) is 36.1 Å². The number of nitrogens with zero attached hydrogens (tertiary/aromatic N) is 1. The number of hydrogen-bond acceptors (Lipinski definition) is 3. The van der Waals surface area contributed by atoms with E-state index in [1.165, 1.54) is 5.56 Å². The topological polar surface area (TPSA) is 49.8 Å². The second kappa shape index (κ2) is 6.57. The van der Waals surface area contributed by atoms with Crippen LogP contribution in [0, 0.1) is 12.8 Å². The fourth-order valence-corrected chi connectivity index (χ4v) is 2.35. The number of benzene rings is 1. The predicted molar refractivity (Wildman–Crippen MR) is 74.6 cm³/mol. The summed E-state index contributed by atoms with van der Waals surface area (Å²) in [4.78, 5) is 12.9. The molecule has 1 aromatic rings. The second-order valence-corrected chi connectivity index (χ2v) is 5.15. The lowest BCUT2D eigenvalue weighted by Crippen LogP contribution is -2.31. The number of aliphatic carboxylic acids is 1. The molecule has 4 heteroatoms. The second-order valence-electron chi connectivity index (χ2n) is 5.15. The van der Waals surface area contributed by atoms with E-state index < -0.39 is 5.97 Å². The SMILES string of the molecule is Cc1ccc(N(CCC(=O)O)CC2CCOC2)cc1. The average Bonchev–Trinajstić information content (AvgIpc) is 2.88. The Kier molecular flexibility index (Phi) is 4.80. The summed E-state index contributed by atoms with van der Waals surface area (Å²) in [6, 6.07) is 8.25. The number of aryl methyl sites for hydroxylation is 1. The molecule has 104 valence electrons. The average molecular weight is 263 g/mol. The Morgan fingerprint density at radius 1 is 1.42 bits per heavy atom. The van der Waals surface area contributed by atoms with Gasteiger partial charge in [-0.25, -0.2) is 0 Å². The highest BCUT2D eigenvalue weighted by Crippen LogP contribution is 2.20. The minimum Gasteiger partial charge on any atom is -0.481 e. The van der Waals surface area contributed by atoms with Crippen molar-refractivity contribution < 1.29 is 14.6 Å². The highest BCUT2D eigenvalue weighted by atomic mass is 16.5. The van der Waals surface area contributed by atoms with E-state index in [1.807, 2.05) is 0 Å². The summed E-state index contributed by atoms with van der Waals surface area (Å²) in [7, 11) is 0. The fourth-order valence-electron chi connectivity index (χ4n) is 2.35. The largest absolute Gasteiger partial charge is 0.481 e. The molecule has 0 aliphatic carbocycles. The molecule has 4 nitrogen and oxygen atoms in total. The van der Waals surface area contributed by atoms with Crippen LogP contribution in [0.3, 0.4) is 0 Å². The van der Waals surface area contributed by atoms with Crippen LogP contribution in [-0.2, 0) is 9.53 Å². The summed E-state index contributed by atoms with van der Waals surface area (Å²) in [6.45, 7) is 5.09. The molecule has 0 saturated carbocycles. The van der Waals surface area contributed by atoms with Gasteiger partial charge in [-0.3, -0.25) is 4.79 Å². The van der Waals surface area contributed by atoms with E-state index in [9.17, 15) is 4.79 Å². The Morgan fingerprint density at radius 2 is 2.16 bits per heavy atom. The van der Waals surface area contributed by atoms with E-state index in [0.29, 0.717) is 12.5 Å². The Labute approximate surface area is 114 Å². The number of ether oxygens (including phenoxy) is 1. The summed E-state index contributed by atoms with van der Waals surface area (Å²) in [6.07, 6.45) is 1.23. The number of carboxylic acid groups (broad SMARTS) is 1. The molecule has 1 fully saturated rings. The van der Waals surface area contributed by atoms with Crippen molar-refractivity contribution in [3.63, 3.8) is 0 Å². The molecule has 1 unspecified atom stereocenters. The molecule has 2 rings (SSSR count). The minimum absolute atomic E-state index is 0.168. The van der Waals surface area contributed by atoms with Crippen LogP contribution in [0.1, 0.15) is 18.4 Å². The van der Waals surface area contributed by atoms with Crippen molar-refractivity contribution in [2.75, 3.05) is 31.2 Å². The zero-order chi connectivity index (χ0) is 13.7. The van der Waals surface area contributed by atoms with Crippen LogP contribution in [0.15, 0.2) is 24.3 Å². The first kappa shape index (κ1) is 13.9. The van der Waals surface area contributed by atoms with Crippen LogP contribution < -0.4 is 4.90 Å². The van der Waals surface area contributed by atoms with Crippen molar-refractivity contribution in [3.05, 3.63) is 29.8 Å². The molecule has 19 heavy (non-hydrogen) atoms. The Bertz CT molecular complexity index is 410. The molecule has 1 saturated heterocycles. The maximum absolute atomic E-state index is 10.8. The number of hydrogen-bond donors (Lipinski definition) is 1.